The minimum atomic E-state index is 0.360. The van der Waals surface area contributed by atoms with Crippen LogP contribution in [0.3, 0.4) is 0 Å². The normalized spacial score (nSPS) is 17.8. The molecule has 0 aromatic heterocycles. The maximum atomic E-state index is 11.4. The molecule has 1 aliphatic rings. The Morgan fingerprint density at radius 3 is 2.62 bits per heavy atom. The van der Waals surface area contributed by atoms with Gasteiger partial charge in [-0.2, -0.15) is 0 Å². The van der Waals surface area contributed by atoms with Crippen LogP contribution in [0, 0.1) is 0 Å². The number of ketones is 1. The SMILES string of the molecule is CCC/C=C\CC1=C(C)CCC1=O. The van der Waals surface area contributed by atoms with Crippen LogP contribution in [0.25, 0.3) is 0 Å². The van der Waals surface area contributed by atoms with Crippen LogP contribution in [-0.2, 0) is 4.79 Å². The van der Waals surface area contributed by atoms with Gasteiger partial charge in [0, 0.05) is 6.42 Å². The number of allylic oxidation sites excluding steroid dienone is 4. The molecule has 0 heterocycles. The van der Waals surface area contributed by atoms with Crippen molar-refractivity contribution in [1.82, 2.24) is 0 Å². The lowest BCUT2D eigenvalue weighted by Crippen LogP contribution is -1.94. The van der Waals surface area contributed by atoms with Crippen LogP contribution in [0.2, 0.25) is 0 Å². The van der Waals surface area contributed by atoms with Crippen LogP contribution in [0.5, 0.6) is 0 Å². The molecular formula is C12H18O. The van der Waals surface area contributed by atoms with E-state index in [1.165, 1.54) is 12.0 Å². The summed E-state index contributed by atoms with van der Waals surface area (Å²) in [5.41, 5.74) is 2.36. The van der Waals surface area contributed by atoms with Gasteiger partial charge in [-0.05, 0) is 31.8 Å². The number of carbonyl (C=O) groups excluding carboxylic acids is 1. The predicted molar refractivity (Wildman–Crippen MR) is 55.6 cm³/mol. The molecule has 0 saturated carbocycles. The van der Waals surface area contributed by atoms with E-state index >= 15 is 0 Å². The molecular weight excluding hydrogens is 160 g/mol. The maximum absolute atomic E-state index is 11.4. The largest absolute Gasteiger partial charge is 0.295 e. The number of carbonyl (C=O) groups is 1. The first kappa shape index (κ1) is 10.2. The number of hydrogen-bond acceptors (Lipinski definition) is 1. The Hall–Kier alpha value is -0.850. The van der Waals surface area contributed by atoms with E-state index in [9.17, 15) is 4.79 Å². The summed E-state index contributed by atoms with van der Waals surface area (Å²) >= 11 is 0. The van der Waals surface area contributed by atoms with E-state index in [4.69, 9.17) is 0 Å². The third-order valence-corrected chi connectivity index (χ3v) is 2.52. The first-order valence-corrected chi connectivity index (χ1v) is 5.12. The number of hydrogen-bond donors (Lipinski definition) is 0. The smallest absolute Gasteiger partial charge is 0.159 e. The Morgan fingerprint density at radius 2 is 2.08 bits per heavy atom. The summed E-state index contributed by atoms with van der Waals surface area (Å²) in [5.74, 6) is 0.360. The van der Waals surface area contributed by atoms with E-state index in [-0.39, 0.29) is 0 Å². The van der Waals surface area contributed by atoms with Crippen LogP contribution >= 0.6 is 0 Å². The molecule has 0 radical (unpaired) electrons. The molecule has 0 bridgehead atoms. The molecule has 0 saturated heterocycles. The fourth-order valence-electron chi connectivity index (χ4n) is 1.61. The molecule has 1 rings (SSSR count). The average molecular weight is 178 g/mol. The van der Waals surface area contributed by atoms with Crippen molar-refractivity contribution in [2.75, 3.05) is 0 Å². The van der Waals surface area contributed by atoms with E-state index in [0.717, 1.165) is 31.3 Å². The van der Waals surface area contributed by atoms with E-state index in [1.54, 1.807) is 0 Å². The lowest BCUT2D eigenvalue weighted by molar-refractivity contribution is -0.114. The standard InChI is InChI=1S/C12H18O/c1-3-4-5-6-7-11-10(2)8-9-12(11)13/h5-6H,3-4,7-9H2,1-2H3/b6-5-. The van der Waals surface area contributed by atoms with Gasteiger partial charge < -0.3 is 0 Å². The van der Waals surface area contributed by atoms with Gasteiger partial charge in [-0.1, -0.05) is 31.1 Å². The van der Waals surface area contributed by atoms with Crippen LogP contribution in [0.4, 0.5) is 0 Å². The highest BCUT2D eigenvalue weighted by molar-refractivity contribution is 5.98. The van der Waals surface area contributed by atoms with Crippen LogP contribution in [0.15, 0.2) is 23.3 Å². The highest BCUT2D eigenvalue weighted by Gasteiger charge is 2.17. The highest BCUT2D eigenvalue weighted by atomic mass is 16.1. The minimum Gasteiger partial charge on any atom is -0.295 e. The third-order valence-electron chi connectivity index (χ3n) is 2.52. The van der Waals surface area contributed by atoms with E-state index in [0.29, 0.717) is 5.78 Å². The second-order valence-corrected chi connectivity index (χ2v) is 3.65. The van der Waals surface area contributed by atoms with Crippen molar-refractivity contribution in [3.63, 3.8) is 0 Å². The summed E-state index contributed by atoms with van der Waals surface area (Å²) in [6, 6.07) is 0. The quantitative estimate of drug-likeness (QED) is 0.603. The van der Waals surface area contributed by atoms with Crippen LogP contribution < -0.4 is 0 Å². The third kappa shape index (κ3) is 2.83. The average Bonchev–Trinajstić information content (AvgIpc) is 2.42. The molecule has 13 heavy (non-hydrogen) atoms. The van der Waals surface area contributed by atoms with Crippen molar-refractivity contribution < 1.29 is 4.79 Å². The first-order valence-electron chi connectivity index (χ1n) is 5.12. The summed E-state index contributed by atoms with van der Waals surface area (Å²) in [6.07, 6.45) is 9.18. The summed E-state index contributed by atoms with van der Waals surface area (Å²) in [7, 11) is 0. The molecule has 1 aliphatic carbocycles. The Kier molecular flexibility index (Phi) is 3.94. The topological polar surface area (TPSA) is 17.1 Å². The zero-order valence-electron chi connectivity index (χ0n) is 8.60. The van der Waals surface area contributed by atoms with Crippen molar-refractivity contribution in [3.05, 3.63) is 23.3 Å². The van der Waals surface area contributed by atoms with Crippen LogP contribution in [-0.4, -0.2) is 5.78 Å². The summed E-state index contributed by atoms with van der Waals surface area (Å²) < 4.78 is 0. The molecule has 1 nitrogen and oxygen atoms in total. The van der Waals surface area contributed by atoms with Crippen molar-refractivity contribution in [1.29, 1.82) is 0 Å². The monoisotopic (exact) mass is 178 g/mol. The summed E-state index contributed by atoms with van der Waals surface area (Å²) in [4.78, 5) is 11.4. The van der Waals surface area contributed by atoms with Crippen molar-refractivity contribution >= 4 is 5.78 Å². The zero-order valence-corrected chi connectivity index (χ0v) is 8.60. The highest BCUT2D eigenvalue weighted by Crippen LogP contribution is 2.24. The van der Waals surface area contributed by atoms with Crippen molar-refractivity contribution in [2.24, 2.45) is 0 Å². The van der Waals surface area contributed by atoms with E-state index in [1.807, 2.05) is 0 Å². The van der Waals surface area contributed by atoms with E-state index in [2.05, 4.69) is 26.0 Å². The second-order valence-electron chi connectivity index (χ2n) is 3.65. The summed E-state index contributed by atoms with van der Waals surface area (Å²) in [5, 5.41) is 0. The van der Waals surface area contributed by atoms with Crippen molar-refractivity contribution in [3.8, 4) is 0 Å². The van der Waals surface area contributed by atoms with Gasteiger partial charge in [0.15, 0.2) is 5.78 Å². The molecule has 0 spiro atoms. The van der Waals surface area contributed by atoms with Gasteiger partial charge >= 0.3 is 0 Å². The fourth-order valence-corrected chi connectivity index (χ4v) is 1.61. The van der Waals surface area contributed by atoms with E-state index < -0.39 is 0 Å². The molecule has 0 aliphatic heterocycles. The second kappa shape index (κ2) is 5.00. The van der Waals surface area contributed by atoms with Crippen molar-refractivity contribution in [2.45, 2.75) is 46.0 Å². The summed E-state index contributed by atoms with van der Waals surface area (Å²) in [6.45, 7) is 4.24. The van der Waals surface area contributed by atoms with Gasteiger partial charge in [-0.25, -0.2) is 0 Å². The zero-order chi connectivity index (χ0) is 9.68. The van der Waals surface area contributed by atoms with Gasteiger partial charge in [0.05, 0.1) is 0 Å². The van der Waals surface area contributed by atoms with Gasteiger partial charge in [-0.15, -0.1) is 0 Å². The van der Waals surface area contributed by atoms with Gasteiger partial charge in [0.1, 0.15) is 0 Å². The number of rotatable bonds is 4. The molecule has 0 aromatic rings. The maximum Gasteiger partial charge on any atom is 0.159 e. The minimum absolute atomic E-state index is 0.360. The lowest BCUT2D eigenvalue weighted by Gasteiger charge is -1.96. The Balaban J connectivity index is 2.44. The van der Waals surface area contributed by atoms with Gasteiger partial charge in [0.2, 0.25) is 0 Å². The Morgan fingerprint density at radius 1 is 1.31 bits per heavy atom. The Bertz CT molecular complexity index is 246. The number of unbranched alkanes of at least 4 members (excludes halogenated alkanes) is 1. The predicted octanol–water partition coefficient (Wildman–Crippen LogP) is 3.41. The molecule has 0 atom stereocenters. The molecule has 0 fully saturated rings. The van der Waals surface area contributed by atoms with Gasteiger partial charge in [0.25, 0.3) is 0 Å². The molecule has 0 aromatic carbocycles. The molecule has 1 heteroatoms. The molecule has 0 unspecified atom stereocenters. The van der Waals surface area contributed by atoms with Crippen LogP contribution in [0.1, 0.15) is 46.0 Å². The fraction of sp³-hybridized carbons (Fsp3) is 0.583. The number of Topliss-reactive ketones (excluding diaryl/α,β-unsaturated/α-hetero) is 1. The first-order chi connectivity index (χ1) is 6.25. The molecule has 0 N–H and O–H groups in total. The molecule has 72 valence electrons. The Labute approximate surface area is 80.5 Å². The lowest BCUT2D eigenvalue weighted by atomic mass is 10.1. The van der Waals surface area contributed by atoms with Gasteiger partial charge in [-0.3, -0.25) is 4.79 Å². The molecule has 0 amide bonds.